The number of anilines is 1. The number of carbonyl (C=O) groups is 2. The van der Waals surface area contributed by atoms with Crippen LogP contribution in [0.3, 0.4) is 0 Å². The third-order valence-electron chi connectivity index (χ3n) is 3.77. The molecule has 8 nitrogen and oxygen atoms in total. The zero-order chi connectivity index (χ0) is 21.1. The summed E-state index contributed by atoms with van der Waals surface area (Å²) in [6, 6.07) is 10.3. The molecule has 1 fully saturated rings. The number of thiocarbonyl (C=S) groups is 1. The van der Waals surface area contributed by atoms with Crippen molar-refractivity contribution in [1.29, 1.82) is 0 Å². The van der Waals surface area contributed by atoms with Gasteiger partial charge in [0.05, 0.1) is 9.83 Å². The number of nitrogens with one attached hydrogen (secondary N) is 1. The minimum Gasteiger partial charge on any atom is -0.871 e. The molecule has 1 aliphatic heterocycles. The van der Waals surface area contributed by atoms with Gasteiger partial charge in [-0.05, 0) is 23.8 Å². The number of rotatable bonds is 5. The molecule has 2 aromatic rings. The molecule has 0 atom stereocenters. The normalized spacial score (nSPS) is 15.1. The molecule has 2 amide bonds. The van der Waals surface area contributed by atoms with E-state index in [1.54, 1.807) is 6.08 Å². The predicted octanol–water partition coefficient (Wildman–Crippen LogP) is 3.27. The van der Waals surface area contributed by atoms with Crippen LogP contribution in [0.25, 0.3) is 6.08 Å². The van der Waals surface area contributed by atoms with Crippen LogP contribution >= 0.6 is 39.9 Å². The maximum atomic E-state index is 12.6. The Morgan fingerprint density at radius 1 is 1.31 bits per heavy atom. The van der Waals surface area contributed by atoms with Gasteiger partial charge in [-0.15, -0.1) is 0 Å². The van der Waals surface area contributed by atoms with Crippen LogP contribution in [0, 0.1) is 10.1 Å². The largest absolute Gasteiger partial charge is 0.871 e. The Kier molecular flexibility index (Phi) is 6.30. The van der Waals surface area contributed by atoms with Gasteiger partial charge in [0.1, 0.15) is 10.9 Å². The summed E-state index contributed by atoms with van der Waals surface area (Å²) in [5.74, 6) is -1.71. The molecule has 1 saturated heterocycles. The monoisotopic (exact) mass is 492 g/mol. The number of hydrogen-bond acceptors (Lipinski definition) is 7. The van der Waals surface area contributed by atoms with Crippen LogP contribution in [0.5, 0.6) is 5.75 Å². The van der Waals surface area contributed by atoms with Gasteiger partial charge in [0.2, 0.25) is 5.91 Å². The fraction of sp³-hybridized carbons (Fsp3) is 0.0556. The molecule has 0 aromatic heterocycles. The second-order valence-corrected chi connectivity index (χ2v) is 8.40. The Hall–Kier alpha value is -2.76. The van der Waals surface area contributed by atoms with Crippen LogP contribution < -0.4 is 10.4 Å². The van der Waals surface area contributed by atoms with Gasteiger partial charge in [0, 0.05) is 22.3 Å². The van der Waals surface area contributed by atoms with E-state index in [4.69, 9.17) is 12.2 Å². The molecule has 0 unspecified atom stereocenters. The van der Waals surface area contributed by atoms with Crippen molar-refractivity contribution in [3.05, 3.63) is 67.5 Å². The van der Waals surface area contributed by atoms with Crippen molar-refractivity contribution in [1.82, 2.24) is 4.90 Å². The Labute approximate surface area is 182 Å². The molecule has 0 radical (unpaired) electrons. The molecule has 148 valence electrons. The highest BCUT2D eigenvalue weighted by molar-refractivity contribution is 9.10. The molecule has 29 heavy (non-hydrogen) atoms. The van der Waals surface area contributed by atoms with Gasteiger partial charge in [-0.3, -0.25) is 24.6 Å². The van der Waals surface area contributed by atoms with E-state index in [9.17, 15) is 24.8 Å². The molecule has 1 N–H and O–H groups in total. The van der Waals surface area contributed by atoms with Gasteiger partial charge in [-0.2, -0.15) is 0 Å². The summed E-state index contributed by atoms with van der Waals surface area (Å²) < 4.78 is 1.05. The van der Waals surface area contributed by atoms with Crippen LogP contribution in [-0.4, -0.2) is 32.5 Å². The Bertz CT molecular complexity index is 1070. The van der Waals surface area contributed by atoms with Crippen LogP contribution in [0.1, 0.15) is 5.56 Å². The van der Waals surface area contributed by atoms with Crippen LogP contribution in [-0.2, 0) is 9.59 Å². The Morgan fingerprint density at radius 2 is 2.07 bits per heavy atom. The highest BCUT2D eigenvalue weighted by Crippen LogP contribution is 2.33. The average Bonchev–Trinajstić information content (AvgIpc) is 2.91. The van der Waals surface area contributed by atoms with E-state index in [2.05, 4.69) is 21.2 Å². The van der Waals surface area contributed by atoms with Gasteiger partial charge < -0.3 is 10.4 Å². The molecule has 3 rings (SSSR count). The van der Waals surface area contributed by atoms with Gasteiger partial charge in [-0.1, -0.05) is 63.9 Å². The lowest BCUT2D eigenvalue weighted by Gasteiger charge is -2.17. The SMILES string of the molecule is O=C(CN1C(=O)/C(=C\c2cccc(Br)c2)SC1=S)Nc1cc([N+](=O)[O-])ccc1[O-]. The highest BCUT2D eigenvalue weighted by atomic mass is 79.9. The number of halogens is 1. The fourth-order valence-electron chi connectivity index (χ4n) is 2.45. The third kappa shape index (κ3) is 5.00. The van der Waals surface area contributed by atoms with Crippen molar-refractivity contribution in [2.24, 2.45) is 0 Å². The maximum absolute atomic E-state index is 12.6. The van der Waals surface area contributed by atoms with Gasteiger partial charge in [-0.25, -0.2) is 0 Å². The summed E-state index contributed by atoms with van der Waals surface area (Å²) in [5, 5.41) is 24.9. The number of nitro groups is 1. The van der Waals surface area contributed by atoms with Crippen molar-refractivity contribution in [3.63, 3.8) is 0 Å². The molecular weight excluding hydrogens is 482 g/mol. The number of hydrogen-bond donors (Lipinski definition) is 1. The lowest BCUT2D eigenvalue weighted by molar-refractivity contribution is -0.385. The molecule has 1 aliphatic rings. The van der Waals surface area contributed by atoms with E-state index >= 15 is 0 Å². The van der Waals surface area contributed by atoms with Gasteiger partial charge >= 0.3 is 0 Å². The van der Waals surface area contributed by atoms with E-state index in [-0.39, 0.29) is 15.7 Å². The summed E-state index contributed by atoms with van der Waals surface area (Å²) >= 11 is 9.61. The molecule has 2 aromatic carbocycles. The van der Waals surface area contributed by atoms with E-state index in [1.165, 1.54) is 0 Å². The summed E-state index contributed by atoms with van der Waals surface area (Å²) in [4.78, 5) is 36.5. The molecule has 0 spiro atoms. The van der Waals surface area contributed by atoms with Crippen LogP contribution in [0.4, 0.5) is 11.4 Å². The minimum atomic E-state index is -0.692. The zero-order valence-electron chi connectivity index (χ0n) is 14.5. The number of amides is 2. The van der Waals surface area contributed by atoms with Gasteiger partial charge in [0.15, 0.2) is 0 Å². The molecule has 0 saturated carbocycles. The summed E-state index contributed by atoms with van der Waals surface area (Å²) in [5.41, 5.74) is 0.221. The first-order chi connectivity index (χ1) is 13.7. The maximum Gasteiger partial charge on any atom is 0.271 e. The van der Waals surface area contributed by atoms with Crippen LogP contribution in [0.2, 0.25) is 0 Å². The Morgan fingerprint density at radius 3 is 2.76 bits per heavy atom. The van der Waals surface area contributed by atoms with Crippen molar-refractivity contribution in [2.75, 3.05) is 11.9 Å². The van der Waals surface area contributed by atoms with Crippen LogP contribution in [0.15, 0.2) is 51.8 Å². The summed E-state index contributed by atoms with van der Waals surface area (Å²) in [6.45, 7) is -0.414. The van der Waals surface area contributed by atoms with E-state index in [0.29, 0.717) is 4.91 Å². The molecule has 0 bridgehead atoms. The summed E-state index contributed by atoms with van der Waals surface area (Å²) in [6.07, 6.45) is 1.66. The molecule has 11 heteroatoms. The van der Waals surface area contributed by atoms with E-state index in [1.807, 2.05) is 24.3 Å². The number of nitrogens with zero attached hydrogens (tertiary/aromatic N) is 2. The molecule has 0 aliphatic carbocycles. The standard InChI is InChI=1S/C18H12BrN3O5S2/c19-11-3-1-2-10(6-11)7-15-17(25)21(18(28)29-15)9-16(24)20-13-8-12(22(26)27)4-5-14(13)23/h1-8,23H,9H2,(H,20,24)/p-1/b15-7+. The first-order valence-corrected chi connectivity index (χ1v) is 10.0. The van der Waals surface area contributed by atoms with E-state index in [0.717, 1.165) is 44.9 Å². The van der Waals surface area contributed by atoms with Gasteiger partial charge in [0.25, 0.3) is 11.6 Å². The van der Waals surface area contributed by atoms with E-state index < -0.39 is 29.0 Å². The fourth-order valence-corrected chi connectivity index (χ4v) is 4.12. The third-order valence-corrected chi connectivity index (χ3v) is 5.64. The topological polar surface area (TPSA) is 116 Å². The first kappa shape index (κ1) is 21.0. The number of nitro benzene ring substituents is 1. The number of thioether (sulfide) groups is 1. The second kappa shape index (κ2) is 8.72. The highest BCUT2D eigenvalue weighted by Gasteiger charge is 2.33. The predicted molar refractivity (Wildman–Crippen MR) is 115 cm³/mol. The van der Waals surface area contributed by atoms with Crippen molar-refractivity contribution in [3.8, 4) is 5.75 Å². The lowest BCUT2D eigenvalue weighted by Crippen LogP contribution is -2.36. The Balaban J connectivity index is 1.72. The average molecular weight is 493 g/mol. The van der Waals surface area contributed by atoms with Crippen molar-refractivity contribution >= 4 is 73.5 Å². The van der Waals surface area contributed by atoms with Crippen molar-refractivity contribution in [2.45, 2.75) is 0 Å². The second-order valence-electron chi connectivity index (χ2n) is 5.81. The number of non-ortho nitro benzene ring substituents is 1. The number of carbonyl (C=O) groups excluding carboxylic acids is 2. The first-order valence-electron chi connectivity index (χ1n) is 8.01. The lowest BCUT2D eigenvalue weighted by atomic mass is 10.2. The minimum absolute atomic E-state index is 0.202. The number of benzene rings is 2. The summed E-state index contributed by atoms with van der Waals surface area (Å²) in [7, 11) is 0. The molecular formula is C18H11BrN3O5S2-. The smallest absolute Gasteiger partial charge is 0.271 e. The zero-order valence-corrected chi connectivity index (χ0v) is 17.7. The molecule has 1 heterocycles. The van der Waals surface area contributed by atoms with Crippen molar-refractivity contribution < 1.29 is 19.6 Å². The quantitative estimate of drug-likeness (QED) is 0.294.